The highest BCUT2D eigenvalue weighted by Gasteiger charge is 2.32. The van der Waals surface area contributed by atoms with Crippen molar-refractivity contribution >= 4 is 5.97 Å². The minimum atomic E-state index is -0.610. The summed E-state index contributed by atoms with van der Waals surface area (Å²) in [6, 6.07) is 0. The molecule has 0 amide bonds. The Morgan fingerprint density at radius 2 is 1.95 bits per heavy atom. The number of likely N-dealkylation sites (N-methyl/N-ethyl adjacent to an activating group) is 1. The number of ether oxygens (including phenoxy) is 2. The zero-order valence-electron chi connectivity index (χ0n) is 13.4. The molecule has 4 heteroatoms. The lowest BCUT2D eigenvalue weighted by Crippen LogP contribution is -2.48. The van der Waals surface area contributed by atoms with Gasteiger partial charge in [0.15, 0.2) is 0 Å². The normalized spacial score (nSPS) is 16.2. The lowest BCUT2D eigenvalue weighted by atomic mass is 9.96. The van der Waals surface area contributed by atoms with Gasteiger partial charge in [-0.25, -0.2) is 0 Å². The zero-order valence-corrected chi connectivity index (χ0v) is 13.4. The molecule has 0 saturated heterocycles. The van der Waals surface area contributed by atoms with Crippen molar-refractivity contribution in [3.8, 4) is 0 Å². The van der Waals surface area contributed by atoms with Gasteiger partial charge in [0.2, 0.25) is 0 Å². The summed E-state index contributed by atoms with van der Waals surface area (Å²) in [5, 5.41) is 3.05. The predicted octanol–water partition coefficient (Wildman–Crippen LogP) is 2.76. The highest BCUT2D eigenvalue weighted by molar-refractivity contribution is 5.80. The fourth-order valence-corrected chi connectivity index (χ4v) is 2.06. The number of nitrogens with one attached hydrogen (secondary N) is 1. The summed E-state index contributed by atoms with van der Waals surface area (Å²) < 4.78 is 10.8. The molecule has 0 aromatic carbocycles. The quantitative estimate of drug-likeness (QED) is 0.491. The molecule has 1 N–H and O–H groups in total. The minimum Gasteiger partial charge on any atom is -0.465 e. The van der Waals surface area contributed by atoms with Crippen LogP contribution in [0.2, 0.25) is 0 Å². The van der Waals surface area contributed by atoms with Gasteiger partial charge >= 0.3 is 5.97 Å². The van der Waals surface area contributed by atoms with Crippen LogP contribution in [0.25, 0.3) is 0 Å². The first-order valence-electron chi connectivity index (χ1n) is 7.33. The maximum atomic E-state index is 11.8. The molecule has 0 heterocycles. The van der Waals surface area contributed by atoms with E-state index in [0.717, 1.165) is 19.3 Å². The molecular weight excluding hydrogens is 242 g/mol. The van der Waals surface area contributed by atoms with Gasteiger partial charge in [0, 0.05) is 6.61 Å². The Bertz CT molecular complexity index is 256. The average Bonchev–Trinajstić information content (AvgIpc) is 2.33. The van der Waals surface area contributed by atoms with Gasteiger partial charge < -0.3 is 14.8 Å². The SMILES string of the molecule is CCOC(=O)C(C)(CCCOC(C)CC(C)C)NC. The van der Waals surface area contributed by atoms with Crippen LogP contribution in [0.15, 0.2) is 0 Å². The Morgan fingerprint density at radius 1 is 1.32 bits per heavy atom. The summed E-state index contributed by atoms with van der Waals surface area (Å²) in [5.41, 5.74) is -0.610. The van der Waals surface area contributed by atoms with Gasteiger partial charge in [-0.1, -0.05) is 13.8 Å². The van der Waals surface area contributed by atoms with Crippen molar-refractivity contribution in [3.63, 3.8) is 0 Å². The van der Waals surface area contributed by atoms with Crippen molar-refractivity contribution in [3.05, 3.63) is 0 Å². The first-order chi connectivity index (χ1) is 8.85. The van der Waals surface area contributed by atoms with Gasteiger partial charge in [-0.15, -0.1) is 0 Å². The maximum Gasteiger partial charge on any atom is 0.326 e. The monoisotopic (exact) mass is 273 g/mol. The van der Waals surface area contributed by atoms with Crippen LogP contribution >= 0.6 is 0 Å². The molecule has 2 atom stereocenters. The van der Waals surface area contributed by atoms with Crippen LogP contribution in [0, 0.1) is 5.92 Å². The van der Waals surface area contributed by atoms with E-state index in [-0.39, 0.29) is 12.1 Å². The van der Waals surface area contributed by atoms with Gasteiger partial charge in [0.1, 0.15) is 5.54 Å². The summed E-state index contributed by atoms with van der Waals surface area (Å²) in [6.07, 6.45) is 2.92. The molecule has 0 fully saturated rings. The smallest absolute Gasteiger partial charge is 0.326 e. The Kier molecular flexibility index (Phi) is 9.02. The first kappa shape index (κ1) is 18.4. The summed E-state index contributed by atoms with van der Waals surface area (Å²) in [6.45, 7) is 11.3. The second-order valence-corrected chi connectivity index (χ2v) is 5.72. The molecule has 0 aliphatic rings. The lowest BCUT2D eigenvalue weighted by molar-refractivity contribution is -0.150. The second-order valence-electron chi connectivity index (χ2n) is 5.72. The third-order valence-corrected chi connectivity index (χ3v) is 3.30. The molecule has 0 aliphatic heterocycles. The molecule has 19 heavy (non-hydrogen) atoms. The molecule has 0 spiro atoms. The van der Waals surface area contributed by atoms with Crippen molar-refractivity contribution in [1.29, 1.82) is 0 Å². The number of hydrogen-bond donors (Lipinski definition) is 1. The summed E-state index contributed by atoms with van der Waals surface area (Å²) >= 11 is 0. The van der Waals surface area contributed by atoms with Crippen LogP contribution in [0.5, 0.6) is 0 Å². The Labute approximate surface area is 118 Å². The highest BCUT2D eigenvalue weighted by Crippen LogP contribution is 2.15. The van der Waals surface area contributed by atoms with Crippen LogP contribution in [0.1, 0.15) is 53.9 Å². The van der Waals surface area contributed by atoms with Gasteiger partial charge in [0.25, 0.3) is 0 Å². The van der Waals surface area contributed by atoms with Crippen molar-refractivity contribution < 1.29 is 14.3 Å². The van der Waals surface area contributed by atoms with E-state index in [0.29, 0.717) is 19.1 Å². The minimum absolute atomic E-state index is 0.187. The number of hydrogen-bond acceptors (Lipinski definition) is 4. The molecule has 0 saturated carbocycles. The van der Waals surface area contributed by atoms with Crippen LogP contribution in [0.3, 0.4) is 0 Å². The fraction of sp³-hybridized carbons (Fsp3) is 0.933. The van der Waals surface area contributed by atoms with E-state index in [9.17, 15) is 4.79 Å². The number of carbonyl (C=O) groups excluding carboxylic acids is 1. The molecule has 4 nitrogen and oxygen atoms in total. The summed E-state index contributed by atoms with van der Waals surface area (Å²) in [4.78, 5) is 11.8. The molecule has 0 aromatic heterocycles. The van der Waals surface area contributed by atoms with Crippen molar-refractivity contribution in [2.24, 2.45) is 5.92 Å². The van der Waals surface area contributed by atoms with Crippen LogP contribution in [-0.2, 0) is 14.3 Å². The van der Waals surface area contributed by atoms with E-state index in [1.807, 2.05) is 13.8 Å². The number of rotatable bonds is 10. The van der Waals surface area contributed by atoms with E-state index in [1.165, 1.54) is 0 Å². The van der Waals surface area contributed by atoms with Crippen molar-refractivity contribution in [1.82, 2.24) is 5.32 Å². The molecule has 0 aromatic rings. The zero-order chi connectivity index (χ0) is 14.9. The first-order valence-corrected chi connectivity index (χ1v) is 7.33. The van der Waals surface area contributed by atoms with Gasteiger partial charge in [-0.2, -0.15) is 0 Å². The number of esters is 1. The van der Waals surface area contributed by atoms with Gasteiger partial charge in [-0.3, -0.25) is 4.79 Å². The Balaban J connectivity index is 3.98. The van der Waals surface area contributed by atoms with E-state index < -0.39 is 5.54 Å². The lowest BCUT2D eigenvalue weighted by Gasteiger charge is -2.27. The van der Waals surface area contributed by atoms with Crippen molar-refractivity contribution in [2.45, 2.75) is 65.5 Å². The fourth-order valence-electron chi connectivity index (χ4n) is 2.06. The topological polar surface area (TPSA) is 47.6 Å². The van der Waals surface area contributed by atoms with Crippen LogP contribution in [-0.4, -0.2) is 37.9 Å². The molecule has 0 aliphatic carbocycles. The van der Waals surface area contributed by atoms with Gasteiger partial charge in [0.05, 0.1) is 12.7 Å². The van der Waals surface area contributed by atoms with E-state index >= 15 is 0 Å². The Morgan fingerprint density at radius 3 is 2.42 bits per heavy atom. The van der Waals surface area contributed by atoms with Crippen molar-refractivity contribution in [2.75, 3.05) is 20.3 Å². The van der Waals surface area contributed by atoms with Crippen LogP contribution in [0.4, 0.5) is 0 Å². The highest BCUT2D eigenvalue weighted by atomic mass is 16.5. The molecule has 2 unspecified atom stereocenters. The third kappa shape index (κ3) is 7.53. The summed E-state index contributed by atoms with van der Waals surface area (Å²) in [7, 11) is 1.79. The second kappa shape index (κ2) is 9.32. The largest absolute Gasteiger partial charge is 0.465 e. The van der Waals surface area contributed by atoms with E-state index in [2.05, 4.69) is 26.1 Å². The van der Waals surface area contributed by atoms with E-state index in [4.69, 9.17) is 9.47 Å². The molecule has 0 rings (SSSR count). The molecular formula is C15H31NO3. The maximum absolute atomic E-state index is 11.8. The standard InChI is InChI=1S/C15H31NO3/c1-7-18-14(17)15(5,16-6)9-8-10-19-13(4)11-12(2)3/h12-13,16H,7-11H2,1-6H3. The molecule has 114 valence electrons. The van der Waals surface area contributed by atoms with E-state index in [1.54, 1.807) is 7.05 Å². The van der Waals surface area contributed by atoms with Gasteiger partial charge in [-0.05, 0) is 53.0 Å². The average molecular weight is 273 g/mol. The predicted molar refractivity (Wildman–Crippen MR) is 78.2 cm³/mol. The third-order valence-electron chi connectivity index (χ3n) is 3.30. The number of carbonyl (C=O) groups is 1. The van der Waals surface area contributed by atoms with Crippen LogP contribution < -0.4 is 5.32 Å². The molecule has 0 radical (unpaired) electrons. The molecule has 0 bridgehead atoms. The summed E-state index contributed by atoms with van der Waals surface area (Å²) in [5.74, 6) is 0.463. The Hall–Kier alpha value is -0.610.